The number of halogens is 3. The Balaban J connectivity index is 0.973. The first-order valence-corrected chi connectivity index (χ1v) is 17.8. The third kappa shape index (κ3) is 9.20. The van der Waals surface area contributed by atoms with E-state index in [0.717, 1.165) is 92.9 Å². The molecule has 53 heavy (non-hydrogen) atoms. The maximum absolute atomic E-state index is 13.1. The number of hydrogen-bond donors (Lipinski definition) is 0. The zero-order valence-corrected chi connectivity index (χ0v) is 30.1. The monoisotopic (exact) mass is 732 g/mol. The van der Waals surface area contributed by atoms with Gasteiger partial charge < -0.3 is 28.4 Å². The van der Waals surface area contributed by atoms with Crippen LogP contribution in [0.2, 0.25) is 0 Å². The molecule has 2 aliphatic rings. The standard InChI is InChI=1S/C42H43F3O8/c1-4-41(26-49-27-41)25-48-21-7-5-6-8-22-50-30-13-9-28(10-14-30)38(46)51-32-17-19-34-35-20-18-33(24-37(35)40(2,3)36(34)23-32)52-39(47)29-11-15-31(16-12-29)53-42(43,44)45/h9-20,23-24H,4-8,21-22,25-27H2,1-3H3. The van der Waals surface area contributed by atoms with Crippen molar-refractivity contribution in [3.05, 3.63) is 107 Å². The normalized spacial score (nSPS) is 15.1. The molecular weight excluding hydrogens is 689 g/mol. The largest absolute Gasteiger partial charge is 0.573 e. The van der Waals surface area contributed by atoms with E-state index in [9.17, 15) is 22.8 Å². The molecule has 0 aromatic heterocycles. The summed E-state index contributed by atoms with van der Waals surface area (Å²) in [5, 5.41) is 0. The summed E-state index contributed by atoms with van der Waals surface area (Å²) in [6, 6.07) is 22.2. The van der Waals surface area contributed by atoms with Gasteiger partial charge in [0.2, 0.25) is 0 Å². The highest BCUT2D eigenvalue weighted by Gasteiger charge is 2.38. The number of benzene rings is 4. The van der Waals surface area contributed by atoms with Crippen LogP contribution in [-0.4, -0.2) is 51.3 Å². The van der Waals surface area contributed by atoms with E-state index in [1.54, 1.807) is 42.5 Å². The fourth-order valence-electron chi connectivity index (χ4n) is 6.55. The molecule has 0 amide bonds. The predicted molar refractivity (Wildman–Crippen MR) is 192 cm³/mol. The van der Waals surface area contributed by atoms with Gasteiger partial charge in [0.1, 0.15) is 23.0 Å². The second kappa shape index (κ2) is 16.0. The minimum absolute atomic E-state index is 0.0693. The van der Waals surface area contributed by atoms with Crippen molar-refractivity contribution < 1.29 is 51.2 Å². The van der Waals surface area contributed by atoms with Gasteiger partial charge in [0.15, 0.2) is 0 Å². The van der Waals surface area contributed by atoms with Crippen LogP contribution in [0.3, 0.4) is 0 Å². The Hall–Kier alpha value is -4.87. The van der Waals surface area contributed by atoms with Crippen molar-refractivity contribution in [2.75, 3.05) is 33.0 Å². The number of unbranched alkanes of at least 4 members (excludes halogenated alkanes) is 3. The van der Waals surface area contributed by atoms with E-state index in [-0.39, 0.29) is 16.7 Å². The molecule has 0 spiro atoms. The molecule has 280 valence electrons. The van der Waals surface area contributed by atoms with Gasteiger partial charge in [0.05, 0.1) is 37.6 Å². The topological polar surface area (TPSA) is 89.5 Å². The zero-order chi connectivity index (χ0) is 37.6. The fraction of sp³-hybridized carbons (Fsp3) is 0.381. The quantitative estimate of drug-likeness (QED) is 0.0639. The summed E-state index contributed by atoms with van der Waals surface area (Å²) in [6.45, 7) is 9.99. The summed E-state index contributed by atoms with van der Waals surface area (Å²) < 4.78 is 69.7. The molecular formula is C42H43F3O8. The number of fused-ring (bicyclic) bond motifs is 3. The molecule has 0 atom stereocenters. The number of carbonyl (C=O) groups is 2. The van der Waals surface area contributed by atoms with Crippen LogP contribution in [0.4, 0.5) is 13.2 Å². The highest BCUT2D eigenvalue weighted by molar-refractivity contribution is 5.92. The lowest BCUT2D eigenvalue weighted by Crippen LogP contribution is -2.45. The average molecular weight is 733 g/mol. The van der Waals surface area contributed by atoms with Gasteiger partial charge in [-0.15, -0.1) is 13.2 Å². The highest BCUT2D eigenvalue weighted by Crippen LogP contribution is 2.50. The summed E-state index contributed by atoms with van der Waals surface area (Å²) in [5.74, 6) is -0.285. The molecule has 11 heteroatoms. The molecule has 0 N–H and O–H groups in total. The van der Waals surface area contributed by atoms with Crippen LogP contribution >= 0.6 is 0 Å². The summed E-state index contributed by atoms with van der Waals surface area (Å²) in [7, 11) is 0. The van der Waals surface area contributed by atoms with E-state index in [2.05, 4.69) is 11.7 Å². The summed E-state index contributed by atoms with van der Waals surface area (Å²) in [5.41, 5.74) is 3.91. The van der Waals surface area contributed by atoms with Crippen LogP contribution in [0.1, 0.15) is 84.7 Å². The smallest absolute Gasteiger partial charge is 0.494 e. The Bertz CT molecular complexity index is 1890. The van der Waals surface area contributed by atoms with Gasteiger partial charge in [-0.1, -0.05) is 39.3 Å². The fourth-order valence-corrected chi connectivity index (χ4v) is 6.55. The molecule has 1 heterocycles. The van der Waals surface area contributed by atoms with Crippen LogP contribution in [0, 0.1) is 5.41 Å². The number of alkyl halides is 3. The molecule has 1 aliphatic heterocycles. The van der Waals surface area contributed by atoms with Crippen LogP contribution in [0.15, 0.2) is 84.9 Å². The minimum Gasteiger partial charge on any atom is -0.494 e. The van der Waals surface area contributed by atoms with Crippen LogP contribution in [-0.2, 0) is 14.9 Å². The Labute approximate surface area is 307 Å². The molecule has 0 saturated carbocycles. The Morgan fingerprint density at radius 3 is 1.64 bits per heavy atom. The van der Waals surface area contributed by atoms with E-state index >= 15 is 0 Å². The molecule has 1 saturated heterocycles. The first kappa shape index (κ1) is 37.9. The summed E-state index contributed by atoms with van der Waals surface area (Å²) >= 11 is 0. The van der Waals surface area contributed by atoms with Gasteiger partial charge >= 0.3 is 18.3 Å². The second-order valence-electron chi connectivity index (χ2n) is 14.1. The molecule has 6 rings (SSSR count). The molecule has 0 radical (unpaired) electrons. The molecule has 4 aromatic rings. The Morgan fingerprint density at radius 2 is 1.17 bits per heavy atom. The second-order valence-corrected chi connectivity index (χ2v) is 14.1. The Kier molecular flexibility index (Phi) is 11.4. The van der Waals surface area contributed by atoms with Crippen molar-refractivity contribution in [3.63, 3.8) is 0 Å². The van der Waals surface area contributed by atoms with Gasteiger partial charge in [0, 0.05) is 17.4 Å². The van der Waals surface area contributed by atoms with Crippen LogP contribution < -0.4 is 18.9 Å². The zero-order valence-electron chi connectivity index (χ0n) is 30.1. The maximum Gasteiger partial charge on any atom is 0.573 e. The van der Waals surface area contributed by atoms with Crippen LogP contribution in [0.25, 0.3) is 11.1 Å². The van der Waals surface area contributed by atoms with Crippen molar-refractivity contribution >= 4 is 11.9 Å². The minimum atomic E-state index is -4.83. The number of carbonyl (C=O) groups excluding carboxylic acids is 2. The summed E-state index contributed by atoms with van der Waals surface area (Å²) in [6.07, 6.45) is 0.354. The first-order chi connectivity index (χ1) is 25.4. The van der Waals surface area contributed by atoms with Crippen molar-refractivity contribution in [1.82, 2.24) is 0 Å². The van der Waals surface area contributed by atoms with Crippen molar-refractivity contribution in [2.45, 2.75) is 64.7 Å². The molecule has 4 aromatic carbocycles. The lowest BCUT2D eigenvalue weighted by atomic mass is 9.82. The van der Waals surface area contributed by atoms with E-state index in [1.165, 1.54) is 12.1 Å². The van der Waals surface area contributed by atoms with Gasteiger partial charge in [-0.3, -0.25) is 0 Å². The molecule has 0 unspecified atom stereocenters. The molecule has 8 nitrogen and oxygen atoms in total. The SMILES string of the molecule is CCC1(COCCCCCCOc2ccc(C(=O)Oc3ccc4c(c3)C(C)(C)c3cc(OC(=O)c5ccc(OC(F)(F)F)cc5)ccc3-4)cc2)COC1. The number of hydrogen-bond acceptors (Lipinski definition) is 8. The van der Waals surface area contributed by atoms with Gasteiger partial charge in [-0.05, 0) is 121 Å². The van der Waals surface area contributed by atoms with Crippen molar-refractivity contribution in [2.24, 2.45) is 5.41 Å². The van der Waals surface area contributed by atoms with Crippen LogP contribution in [0.5, 0.6) is 23.0 Å². The third-order valence-corrected chi connectivity index (χ3v) is 9.88. The molecule has 0 bridgehead atoms. The Morgan fingerprint density at radius 1 is 0.679 bits per heavy atom. The first-order valence-electron chi connectivity index (χ1n) is 17.8. The van der Waals surface area contributed by atoms with Gasteiger partial charge in [0.25, 0.3) is 0 Å². The van der Waals surface area contributed by atoms with Crippen molar-refractivity contribution in [3.8, 4) is 34.1 Å². The number of ether oxygens (including phenoxy) is 6. The summed E-state index contributed by atoms with van der Waals surface area (Å²) in [4.78, 5) is 25.8. The van der Waals surface area contributed by atoms with E-state index < -0.39 is 29.5 Å². The van der Waals surface area contributed by atoms with Gasteiger partial charge in [-0.25, -0.2) is 9.59 Å². The number of esters is 2. The lowest BCUT2D eigenvalue weighted by Gasteiger charge is -2.40. The van der Waals surface area contributed by atoms with Gasteiger partial charge in [-0.2, -0.15) is 0 Å². The third-order valence-electron chi connectivity index (χ3n) is 9.88. The van der Waals surface area contributed by atoms with E-state index in [0.29, 0.717) is 23.7 Å². The maximum atomic E-state index is 13.1. The van der Waals surface area contributed by atoms with Crippen molar-refractivity contribution in [1.29, 1.82) is 0 Å². The molecule has 1 fully saturated rings. The van der Waals surface area contributed by atoms with E-state index in [4.69, 9.17) is 23.7 Å². The number of rotatable bonds is 16. The predicted octanol–water partition coefficient (Wildman–Crippen LogP) is 9.71. The lowest BCUT2D eigenvalue weighted by molar-refractivity contribution is -0.274. The molecule has 1 aliphatic carbocycles. The average Bonchev–Trinajstić information content (AvgIpc) is 3.33. The highest BCUT2D eigenvalue weighted by atomic mass is 19.4. The van der Waals surface area contributed by atoms with E-state index in [1.807, 2.05) is 32.0 Å².